The van der Waals surface area contributed by atoms with E-state index in [2.05, 4.69) is 205 Å². The van der Waals surface area contributed by atoms with E-state index in [1.54, 1.807) is 0 Å². The Labute approximate surface area is 362 Å². The van der Waals surface area contributed by atoms with Crippen molar-refractivity contribution in [1.82, 2.24) is 19.5 Å². The molecule has 9 aromatic carbocycles. The van der Waals surface area contributed by atoms with Gasteiger partial charge in [-0.15, -0.1) is 11.3 Å². The van der Waals surface area contributed by atoms with Gasteiger partial charge in [0.1, 0.15) is 0 Å². The highest BCUT2D eigenvalue weighted by molar-refractivity contribution is 7.25. The highest BCUT2D eigenvalue weighted by atomic mass is 32.1. The largest absolute Gasteiger partial charge is 0.308 e. The maximum atomic E-state index is 5.40. The zero-order chi connectivity index (χ0) is 41.0. The van der Waals surface area contributed by atoms with E-state index in [1.165, 1.54) is 30.9 Å². The van der Waals surface area contributed by atoms with Crippen LogP contribution in [0.4, 0.5) is 0 Å². The molecule has 0 N–H and O–H groups in total. The molecule has 0 aliphatic rings. The normalized spacial score (nSPS) is 11.5. The van der Waals surface area contributed by atoms with Crippen LogP contribution in [0, 0.1) is 0 Å². The quantitative estimate of drug-likeness (QED) is 0.161. The van der Waals surface area contributed by atoms with Crippen LogP contribution in [0.3, 0.4) is 0 Å². The van der Waals surface area contributed by atoms with Crippen molar-refractivity contribution >= 4 is 53.3 Å². The molecule has 5 heteroatoms. The second kappa shape index (κ2) is 14.9. The van der Waals surface area contributed by atoms with Crippen molar-refractivity contribution in [1.29, 1.82) is 0 Å². The number of benzene rings is 9. The van der Waals surface area contributed by atoms with E-state index in [1.807, 2.05) is 29.5 Å². The zero-order valence-corrected chi connectivity index (χ0v) is 34.3. The van der Waals surface area contributed by atoms with E-state index in [4.69, 9.17) is 15.0 Å². The molecule has 0 spiro atoms. The Hall–Kier alpha value is -7.99. The number of para-hydroxylation sites is 2. The molecule has 0 unspecified atom stereocenters. The van der Waals surface area contributed by atoms with Crippen molar-refractivity contribution in [3.8, 4) is 73.2 Å². The van der Waals surface area contributed by atoms with Crippen LogP contribution in [0.5, 0.6) is 0 Å². The molecule has 0 bridgehead atoms. The number of hydrogen-bond donors (Lipinski definition) is 0. The molecule has 0 saturated heterocycles. The fourth-order valence-corrected chi connectivity index (χ4v) is 10.0. The standard InChI is InChI=1S/C57H36N4S/c1-4-16-37(17-5-1)42-30-32-48(51(36-42)61-50-28-12-10-24-45(50)47-27-15-26-44(54(47)61)38-18-6-2-7-19-38)57-59-55(39-20-8-3-9-21-39)58-56(60-57)43-23-14-22-40(34-43)41-31-33-53-49(35-41)46-25-11-13-29-52(46)62-53/h1-36H. The Bertz CT molecular complexity index is 3630. The van der Waals surface area contributed by atoms with Crippen LogP contribution in [-0.2, 0) is 0 Å². The van der Waals surface area contributed by atoms with E-state index in [-0.39, 0.29) is 0 Å². The summed E-state index contributed by atoms with van der Waals surface area (Å²) in [5.74, 6) is 1.83. The van der Waals surface area contributed by atoms with Crippen LogP contribution < -0.4 is 0 Å². The third-order valence-corrected chi connectivity index (χ3v) is 13.0. The molecular formula is C57H36N4S. The molecule has 0 aliphatic heterocycles. The number of thiophene rings is 1. The number of aromatic nitrogens is 4. The topological polar surface area (TPSA) is 43.6 Å². The first-order valence-electron chi connectivity index (χ1n) is 20.8. The Morgan fingerprint density at radius 3 is 1.66 bits per heavy atom. The zero-order valence-electron chi connectivity index (χ0n) is 33.5. The maximum Gasteiger partial charge on any atom is 0.166 e. The van der Waals surface area contributed by atoms with Crippen LogP contribution >= 0.6 is 11.3 Å². The van der Waals surface area contributed by atoms with Crippen molar-refractivity contribution in [3.63, 3.8) is 0 Å². The second-order valence-corrected chi connectivity index (χ2v) is 16.7. The lowest BCUT2D eigenvalue weighted by Crippen LogP contribution is -2.04. The average Bonchev–Trinajstić information content (AvgIpc) is 3.90. The predicted octanol–water partition coefficient (Wildman–Crippen LogP) is 15.3. The molecule has 0 amide bonds. The molecule has 290 valence electrons. The summed E-state index contributed by atoms with van der Waals surface area (Å²) in [5.41, 5.74) is 12.8. The highest BCUT2D eigenvalue weighted by Gasteiger charge is 2.22. The minimum absolute atomic E-state index is 0.600. The lowest BCUT2D eigenvalue weighted by molar-refractivity contribution is 1.06. The summed E-state index contributed by atoms with van der Waals surface area (Å²) in [4.78, 5) is 15.9. The molecule has 62 heavy (non-hydrogen) atoms. The lowest BCUT2D eigenvalue weighted by atomic mass is 10.00. The fraction of sp³-hybridized carbons (Fsp3) is 0. The molecule has 0 aliphatic carbocycles. The van der Waals surface area contributed by atoms with Gasteiger partial charge in [-0.2, -0.15) is 0 Å². The molecule has 12 rings (SSSR count). The van der Waals surface area contributed by atoms with Gasteiger partial charge in [0.25, 0.3) is 0 Å². The van der Waals surface area contributed by atoms with Crippen LogP contribution in [0.2, 0.25) is 0 Å². The molecule has 12 aromatic rings. The van der Waals surface area contributed by atoms with Crippen molar-refractivity contribution in [2.24, 2.45) is 0 Å². The van der Waals surface area contributed by atoms with Gasteiger partial charge in [-0.1, -0.05) is 176 Å². The van der Waals surface area contributed by atoms with Crippen LogP contribution in [0.1, 0.15) is 0 Å². The van der Waals surface area contributed by atoms with E-state index in [0.717, 1.165) is 66.8 Å². The average molecular weight is 809 g/mol. The van der Waals surface area contributed by atoms with E-state index in [0.29, 0.717) is 17.5 Å². The fourth-order valence-electron chi connectivity index (χ4n) is 8.92. The molecule has 4 nitrogen and oxygen atoms in total. The van der Waals surface area contributed by atoms with Gasteiger partial charge in [0.15, 0.2) is 17.5 Å². The number of hydrogen-bond acceptors (Lipinski definition) is 4. The first kappa shape index (κ1) is 35.9. The maximum absolute atomic E-state index is 5.40. The van der Waals surface area contributed by atoms with Crippen molar-refractivity contribution in [2.45, 2.75) is 0 Å². The highest BCUT2D eigenvalue weighted by Crippen LogP contribution is 2.42. The van der Waals surface area contributed by atoms with Crippen LogP contribution in [0.15, 0.2) is 218 Å². The SMILES string of the molecule is c1ccc(-c2ccc(-c3nc(-c4ccccc4)nc(-c4cccc(-c5ccc6sc7ccccc7c6c5)c4)n3)c(-n3c4ccccc4c4cccc(-c5ccccc5)c43)c2)cc1. The van der Waals surface area contributed by atoms with E-state index >= 15 is 0 Å². The van der Waals surface area contributed by atoms with Crippen molar-refractivity contribution < 1.29 is 0 Å². The van der Waals surface area contributed by atoms with Gasteiger partial charge in [0.05, 0.1) is 16.7 Å². The number of rotatable bonds is 7. The minimum Gasteiger partial charge on any atom is -0.308 e. The summed E-state index contributed by atoms with van der Waals surface area (Å²) in [6.45, 7) is 0. The monoisotopic (exact) mass is 808 g/mol. The minimum atomic E-state index is 0.600. The van der Waals surface area contributed by atoms with Gasteiger partial charge < -0.3 is 4.57 Å². The Balaban J connectivity index is 1.10. The third-order valence-electron chi connectivity index (χ3n) is 11.9. The molecule has 0 saturated carbocycles. The third kappa shape index (κ3) is 6.18. The van der Waals surface area contributed by atoms with Crippen LogP contribution in [-0.4, -0.2) is 19.5 Å². The Morgan fingerprint density at radius 1 is 0.306 bits per heavy atom. The van der Waals surface area contributed by atoms with Crippen LogP contribution in [0.25, 0.3) is 115 Å². The second-order valence-electron chi connectivity index (χ2n) is 15.6. The summed E-state index contributed by atoms with van der Waals surface area (Å²) in [7, 11) is 0. The molecule has 0 atom stereocenters. The summed E-state index contributed by atoms with van der Waals surface area (Å²) < 4.78 is 5.01. The van der Waals surface area contributed by atoms with Gasteiger partial charge >= 0.3 is 0 Å². The first-order valence-corrected chi connectivity index (χ1v) is 21.7. The number of nitrogens with zero attached hydrogens (tertiary/aromatic N) is 4. The summed E-state index contributed by atoms with van der Waals surface area (Å²) in [5, 5.41) is 4.93. The van der Waals surface area contributed by atoms with E-state index < -0.39 is 0 Å². The van der Waals surface area contributed by atoms with E-state index in [9.17, 15) is 0 Å². The molecule has 3 heterocycles. The van der Waals surface area contributed by atoms with Crippen molar-refractivity contribution in [2.75, 3.05) is 0 Å². The van der Waals surface area contributed by atoms with Gasteiger partial charge in [-0.3, -0.25) is 0 Å². The molecule has 3 aromatic heterocycles. The lowest BCUT2D eigenvalue weighted by Gasteiger charge is -2.18. The van der Waals surface area contributed by atoms with Crippen molar-refractivity contribution in [3.05, 3.63) is 218 Å². The van der Waals surface area contributed by atoms with Gasteiger partial charge in [-0.25, -0.2) is 15.0 Å². The summed E-state index contributed by atoms with van der Waals surface area (Å²) in [6.07, 6.45) is 0. The molecular weight excluding hydrogens is 773 g/mol. The molecule has 0 fully saturated rings. The smallest absolute Gasteiger partial charge is 0.166 e. The van der Waals surface area contributed by atoms with Gasteiger partial charge in [0.2, 0.25) is 0 Å². The summed E-state index contributed by atoms with van der Waals surface area (Å²) in [6, 6.07) is 77.5. The number of fused-ring (bicyclic) bond motifs is 6. The molecule has 0 radical (unpaired) electrons. The van der Waals surface area contributed by atoms with Gasteiger partial charge in [-0.05, 0) is 70.3 Å². The summed E-state index contributed by atoms with van der Waals surface area (Å²) >= 11 is 1.84. The van der Waals surface area contributed by atoms with Gasteiger partial charge in [0, 0.05) is 53.2 Å². The predicted molar refractivity (Wildman–Crippen MR) is 260 cm³/mol. The Morgan fingerprint density at radius 2 is 0.855 bits per heavy atom. The Kier molecular flexibility index (Phi) is 8.65. The first-order chi connectivity index (χ1) is 30.7.